The van der Waals surface area contributed by atoms with Gasteiger partial charge in [-0.05, 0) is 19.3 Å². The van der Waals surface area contributed by atoms with Crippen LogP contribution in [-0.2, 0) is 14.7 Å². The molecule has 2 unspecified atom stereocenters. The van der Waals surface area contributed by atoms with Crippen LogP contribution < -0.4 is 0 Å². The van der Waals surface area contributed by atoms with Crippen molar-refractivity contribution in [3.63, 3.8) is 0 Å². The zero-order valence-corrected chi connectivity index (χ0v) is 12.3. The number of quaternary nitrogens is 1. The molecule has 1 aliphatic rings. The summed E-state index contributed by atoms with van der Waals surface area (Å²) >= 11 is 0. The molecule has 1 saturated heterocycles. The molecule has 1 rings (SSSR count). The van der Waals surface area contributed by atoms with Crippen molar-refractivity contribution in [1.82, 2.24) is 0 Å². The summed E-state index contributed by atoms with van der Waals surface area (Å²) in [5.41, 5.74) is 0. The van der Waals surface area contributed by atoms with E-state index in [9.17, 15) is 13.0 Å². The van der Waals surface area contributed by atoms with Crippen molar-refractivity contribution < 1.29 is 31.8 Å². The lowest BCUT2D eigenvalue weighted by molar-refractivity contribution is -0.898. The van der Waals surface area contributed by atoms with E-state index in [-0.39, 0.29) is 12.3 Å². The molecule has 2 atom stereocenters. The monoisotopic (exact) mass is 302 g/mol. The summed E-state index contributed by atoms with van der Waals surface area (Å²) in [6, 6.07) is 0. The van der Waals surface area contributed by atoms with Gasteiger partial charge in [-0.15, -0.1) is 0 Å². The second-order valence-corrected chi connectivity index (χ2v) is 9.39. The first-order chi connectivity index (χ1) is 7.92. The van der Waals surface area contributed by atoms with Crippen LogP contribution in [0.15, 0.2) is 0 Å². The maximum Gasteiger partial charge on any atom is 0.346 e. The second-order valence-electron chi connectivity index (χ2n) is 5.64. The minimum Gasteiger partial charge on any atom is -0.328 e. The lowest BCUT2D eigenvalue weighted by atomic mass is 9.94. The number of piperidine rings is 1. The molecule has 0 aliphatic carbocycles. The first kappa shape index (κ1) is 16.1. The van der Waals surface area contributed by atoms with Crippen molar-refractivity contribution in [2.75, 3.05) is 27.2 Å². The van der Waals surface area contributed by atoms with Gasteiger partial charge in [0, 0.05) is 5.92 Å². The van der Waals surface area contributed by atoms with Gasteiger partial charge in [0.15, 0.2) is 4.99 Å². The maximum absolute atomic E-state index is 11.2. The third-order valence-electron chi connectivity index (χ3n) is 3.38. The van der Waals surface area contributed by atoms with Crippen LogP contribution in [-0.4, -0.2) is 59.4 Å². The van der Waals surface area contributed by atoms with E-state index in [0.717, 1.165) is 19.4 Å². The zero-order chi connectivity index (χ0) is 14.2. The molecule has 0 bridgehead atoms. The number of hydrogen-bond donors (Lipinski definition) is 3. The first-order valence-electron chi connectivity index (χ1n) is 5.75. The highest BCUT2D eigenvalue weighted by Crippen LogP contribution is 2.47. The summed E-state index contributed by atoms with van der Waals surface area (Å²) in [6.45, 7) is 1.62. The quantitative estimate of drug-likeness (QED) is 0.390. The van der Waals surface area contributed by atoms with Gasteiger partial charge in [-0.2, -0.15) is 8.42 Å². The Bertz CT molecular complexity index is 442. The molecule has 9 heteroatoms. The van der Waals surface area contributed by atoms with Gasteiger partial charge in [-0.3, -0.25) is 9.12 Å². The molecule has 0 aromatic carbocycles. The predicted molar refractivity (Wildman–Crippen MR) is 66.6 cm³/mol. The fourth-order valence-corrected chi connectivity index (χ4v) is 5.08. The first-order valence-corrected chi connectivity index (χ1v) is 8.94. The number of rotatable bonds is 4. The summed E-state index contributed by atoms with van der Waals surface area (Å²) < 4.78 is 43.0. The van der Waals surface area contributed by atoms with Crippen LogP contribution >= 0.6 is 7.60 Å². The molecule has 3 N–H and O–H groups in total. The minimum absolute atomic E-state index is 0.103. The van der Waals surface area contributed by atoms with Gasteiger partial charge in [-0.25, -0.2) is 0 Å². The zero-order valence-electron chi connectivity index (χ0n) is 10.6. The van der Waals surface area contributed by atoms with Crippen LogP contribution in [0.4, 0.5) is 0 Å². The third kappa shape index (κ3) is 4.60. The summed E-state index contributed by atoms with van der Waals surface area (Å²) in [7, 11) is -5.60. The topological polar surface area (TPSA) is 112 Å². The molecule has 1 heterocycles. The highest BCUT2D eigenvalue weighted by atomic mass is 32.2. The van der Waals surface area contributed by atoms with Crippen molar-refractivity contribution >= 4 is 17.7 Å². The van der Waals surface area contributed by atoms with Crippen molar-refractivity contribution in [2.24, 2.45) is 5.92 Å². The molecule has 0 spiro atoms. The smallest absolute Gasteiger partial charge is 0.328 e. The van der Waals surface area contributed by atoms with Gasteiger partial charge < -0.3 is 14.3 Å². The molecule has 0 saturated carbocycles. The van der Waals surface area contributed by atoms with Crippen molar-refractivity contribution in [2.45, 2.75) is 24.3 Å². The summed E-state index contributed by atoms with van der Waals surface area (Å²) in [4.78, 5) is 16.1. The fraction of sp³-hybridized carbons (Fsp3) is 1.00. The van der Waals surface area contributed by atoms with E-state index >= 15 is 0 Å². The van der Waals surface area contributed by atoms with Crippen LogP contribution in [0.1, 0.15) is 19.3 Å². The van der Waals surface area contributed by atoms with Gasteiger partial charge in [0.2, 0.25) is 0 Å². The lowest BCUT2D eigenvalue weighted by Gasteiger charge is -2.38. The van der Waals surface area contributed by atoms with E-state index < -0.39 is 22.7 Å². The van der Waals surface area contributed by atoms with Crippen molar-refractivity contribution in [3.8, 4) is 0 Å². The minimum atomic E-state index is -4.85. The number of nitrogens with zero attached hydrogens (tertiary/aromatic N) is 1. The number of likely N-dealkylation sites (tertiary alicyclic amines) is 1. The van der Waals surface area contributed by atoms with E-state index in [1.54, 1.807) is 0 Å². The van der Waals surface area contributed by atoms with E-state index in [4.69, 9.17) is 14.3 Å². The van der Waals surface area contributed by atoms with E-state index in [0.29, 0.717) is 11.0 Å². The van der Waals surface area contributed by atoms with Crippen LogP contribution in [0.25, 0.3) is 0 Å². The van der Waals surface area contributed by atoms with E-state index in [1.807, 2.05) is 14.1 Å². The SMILES string of the molecule is C[N+]1(C)CCCC(CC(P(=O)(O)O)S(=O)(=O)O)C1. The highest BCUT2D eigenvalue weighted by Gasteiger charge is 2.43. The van der Waals surface area contributed by atoms with E-state index in [2.05, 4.69) is 0 Å². The standard InChI is InChI=1S/C9H20NO6PS/c1-10(2)5-3-4-8(7-10)6-9(17(11,12)13)18(14,15)16/h8-9H,3-7H2,1-2H3,(H2-,11,12,13,14,15,16)/p+1. The van der Waals surface area contributed by atoms with Gasteiger partial charge >= 0.3 is 7.60 Å². The Kier molecular flexibility index (Phi) is 4.63. The van der Waals surface area contributed by atoms with Gasteiger partial charge in [-0.1, -0.05) is 0 Å². The molecule has 1 aliphatic heterocycles. The van der Waals surface area contributed by atoms with Crippen molar-refractivity contribution in [3.05, 3.63) is 0 Å². The van der Waals surface area contributed by atoms with Crippen LogP contribution in [0.3, 0.4) is 0 Å². The molecule has 0 radical (unpaired) electrons. The molecule has 0 aromatic rings. The Balaban J connectivity index is 2.83. The van der Waals surface area contributed by atoms with Crippen LogP contribution in [0, 0.1) is 5.92 Å². The maximum atomic E-state index is 11.2. The normalized spacial score (nSPS) is 26.8. The Morgan fingerprint density at radius 1 is 1.39 bits per heavy atom. The molecule has 108 valence electrons. The summed E-state index contributed by atoms with van der Waals surface area (Å²) in [6.07, 6.45) is 1.43. The Morgan fingerprint density at radius 3 is 2.33 bits per heavy atom. The summed E-state index contributed by atoms with van der Waals surface area (Å²) in [5.74, 6) is -0.103. The molecular formula is C9H21NO6PS+. The predicted octanol–water partition coefficient (Wildman–Crippen LogP) is 0.254. The molecule has 1 fully saturated rings. The molecule has 0 amide bonds. The molecular weight excluding hydrogens is 281 g/mol. The van der Waals surface area contributed by atoms with Crippen LogP contribution in [0.2, 0.25) is 0 Å². The average Bonchev–Trinajstić information content (AvgIpc) is 2.09. The van der Waals surface area contributed by atoms with Gasteiger partial charge in [0.25, 0.3) is 10.1 Å². The van der Waals surface area contributed by atoms with Gasteiger partial charge in [0.1, 0.15) is 0 Å². The largest absolute Gasteiger partial charge is 0.346 e. The lowest BCUT2D eigenvalue weighted by Crippen LogP contribution is -2.48. The van der Waals surface area contributed by atoms with E-state index in [1.165, 1.54) is 0 Å². The summed E-state index contributed by atoms with van der Waals surface area (Å²) in [5, 5.41) is 0. The average molecular weight is 302 g/mol. The van der Waals surface area contributed by atoms with Crippen molar-refractivity contribution in [1.29, 1.82) is 0 Å². The van der Waals surface area contributed by atoms with Gasteiger partial charge in [0.05, 0.1) is 27.2 Å². The Morgan fingerprint density at radius 2 is 1.94 bits per heavy atom. The fourth-order valence-electron chi connectivity index (χ4n) is 2.60. The molecule has 7 nitrogen and oxygen atoms in total. The molecule has 18 heavy (non-hydrogen) atoms. The molecule has 0 aromatic heterocycles. The Hall–Kier alpha value is 0.0200. The third-order valence-corrected chi connectivity index (χ3v) is 6.85. The second kappa shape index (κ2) is 5.19. The highest BCUT2D eigenvalue weighted by molar-refractivity contribution is 7.93. The Labute approximate surface area is 107 Å². The van der Waals surface area contributed by atoms with Crippen LogP contribution in [0.5, 0.6) is 0 Å². The number of hydrogen-bond acceptors (Lipinski definition) is 3.